The SMILES string of the molecule is C/C=C/c1cc(OC)c(OC)c2c1/C(=N\OC)c1ccccc1-2. The van der Waals surface area contributed by atoms with E-state index in [0.717, 1.165) is 33.5 Å². The number of allylic oxidation sites excluding steroid dienone is 1. The van der Waals surface area contributed by atoms with Crippen LogP contribution < -0.4 is 9.47 Å². The average molecular weight is 309 g/mol. The molecule has 0 heterocycles. The predicted octanol–water partition coefficient (Wildman–Crippen LogP) is 4.12. The van der Waals surface area contributed by atoms with Gasteiger partial charge in [0, 0.05) is 16.7 Å². The van der Waals surface area contributed by atoms with Gasteiger partial charge >= 0.3 is 0 Å². The van der Waals surface area contributed by atoms with Crippen molar-refractivity contribution in [2.24, 2.45) is 5.16 Å². The summed E-state index contributed by atoms with van der Waals surface area (Å²) in [5, 5.41) is 4.27. The second-order valence-corrected chi connectivity index (χ2v) is 5.12. The molecule has 1 aliphatic carbocycles. The summed E-state index contributed by atoms with van der Waals surface area (Å²) in [4.78, 5) is 5.09. The molecule has 2 aromatic rings. The number of hydrogen-bond donors (Lipinski definition) is 0. The van der Waals surface area contributed by atoms with Crippen molar-refractivity contribution in [2.75, 3.05) is 21.3 Å². The number of benzene rings is 2. The van der Waals surface area contributed by atoms with Crippen LogP contribution in [0.1, 0.15) is 23.6 Å². The zero-order valence-corrected chi connectivity index (χ0v) is 13.7. The molecule has 0 unspecified atom stereocenters. The maximum absolute atomic E-state index is 5.65. The third-order valence-corrected chi connectivity index (χ3v) is 3.92. The van der Waals surface area contributed by atoms with Gasteiger partial charge < -0.3 is 14.3 Å². The van der Waals surface area contributed by atoms with E-state index in [0.29, 0.717) is 11.5 Å². The summed E-state index contributed by atoms with van der Waals surface area (Å²) in [6, 6.07) is 10.1. The molecule has 0 aromatic heterocycles. The molecule has 4 heteroatoms. The Hall–Kier alpha value is -2.75. The van der Waals surface area contributed by atoms with Crippen molar-refractivity contribution in [2.45, 2.75) is 6.92 Å². The standard InChI is InChI=1S/C19H19NO3/c1-5-8-12-11-15(21-2)19(22-3)17-13-9-6-7-10-14(13)18(16(12)17)20-23-4/h5-11H,1-4H3/b8-5+,20-18-. The third kappa shape index (κ3) is 2.27. The summed E-state index contributed by atoms with van der Waals surface area (Å²) in [6.07, 6.45) is 4.03. The molecule has 0 bridgehead atoms. The highest BCUT2D eigenvalue weighted by Gasteiger charge is 2.32. The fraction of sp³-hybridized carbons (Fsp3) is 0.211. The lowest BCUT2D eigenvalue weighted by molar-refractivity contribution is 0.214. The van der Waals surface area contributed by atoms with Crippen LogP contribution in [-0.2, 0) is 4.84 Å². The normalized spacial score (nSPS) is 14.0. The molecule has 0 aliphatic heterocycles. The van der Waals surface area contributed by atoms with Gasteiger partial charge in [-0.25, -0.2) is 0 Å². The number of methoxy groups -OCH3 is 2. The van der Waals surface area contributed by atoms with Crippen molar-refractivity contribution < 1.29 is 14.3 Å². The van der Waals surface area contributed by atoms with E-state index in [1.807, 2.05) is 43.3 Å². The van der Waals surface area contributed by atoms with Crippen LogP contribution in [0, 0.1) is 0 Å². The molecular weight excluding hydrogens is 290 g/mol. The highest BCUT2D eigenvalue weighted by Crippen LogP contribution is 2.49. The van der Waals surface area contributed by atoms with Gasteiger partial charge in [-0.2, -0.15) is 0 Å². The Balaban J connectivity index is 2.46. The summed E-state index contributed by atoms with van der Waals surface area (Å²) < 4.78 is 11.2. The van der Waals surface area contributed by atoms with Crippen LogP contribution in [0.15, 0.2) is 41.6 Å². The Morgan fingerprint density at radius 3 is 2.30 bits per heavy atom. The zero-order chi connectivity index (χ0) is 16.4. The molecule has 0 spiro atoms. The molecular formula is C19H19NO3. The van der Waals surface area contributed by atoms with Crippen LogP contribution >= 0.6 is 0 Å². The predicted molar refractivity (Wildman–Crippen MR) is 92.3 cm³/mol. The lowest BCUT2D eigenvalue weighted by atomic mass is 9.98. The summed E-state index contributed by atoms with van der Waals surface area (Å²) in [6.45, 7) is 1.98. The first-order chi connectivity index (χ1) is 11.3. The van der Waals surface area contributed by atoms with Crippen molar-refractivity contribution in [1.82, 2.24) is 0 Å². The van der Waals surface area contributed by atoms with E-state index in [9.17, 15) is 0 Å². The Morgan fingerprint density at radius 1 is 0.957 bits per heavy atom. The molecule has 0 N–H and O–H groups in total. The van der Waals surface area contributed by atoms with E-state index >= 15 is 0 Å². The number of hydrogen-bond acceptors (Lipinski definition) is 4. The molecule has 1 aliphatic rings. The first-order valence-electron chi connectivity index (χ1n) is 7.39. The molecule has 118 valence electrons. The molecule has 23 heavy (non-hydrogen) atoms. The van der Waals surface area contributed by atoms with Crippen molar-refractivity contribution in [3.05, 3.63) is 53.1 Å². The lowest BCUT2D eigenvalue weighted by Crippen LogP contribution is -2.03. The lowest BCUT2D eigenvalue weighted by Gasteiger charge is -2.15. The second kappa shape index (κ2) is 6.16. The van der Waals surface area contributed by atoms with Gasteiger partial charge in [-0.05, 0) is 24.1 Å². The molecule has 0 fully saturated rings. The molecule has 0 saturated heterocycles. The Kier molecular flexibility index (Phi) is 4.06. The minimum atomic E-state index is 0.702. The fourth-order valence-corrected chi connectivity index (χ4v) is 3.07. The zero-order valence-electron chi connectivity index (χ0n) is 13.7. The van der Waals surface area contributed by atoms with Crippen LogP contribution in [0.3, 0.4) is 0 Å². The van der Waals surface area contributed by atoms with E-state index < -0.39 is 0 Å². The molecule has 3 rings (SSSR count). The minimum absolute atomic E-state index is 0.702. The van der Waals surface area contributed by atoms with Gasteiger partial charge in [-0.3, -0.25) is 0 Å². The number of oxime groups is 1. The van der Waals surface area contributed by atoms with Gasteiger partial charge in [0.25, 0.3) is 0 Å². The van der Waals surface area contributed by atoms with Crippen LogP contribution in [0.5, 0.6) is 11.5 Å². The third-order valence-electron chi connectivity index (χ3n) is 3.92. The average Bonchev–Trinajstić information content (AvgIpc) is 2.90. The highest BCUT2D eigenvalue weighted by atomic mass is 16.6. The number of fused-ring (bicyclic) bond motifs is 3. The van der Waals surface area contributed by atoms with Crippen molar-refractivity contribution in [1.29, 1.82) is 0 Å². The van der Waals surface area contributed by atoms with Crippen molar-refractivity contribution >= 4 is 11.8 Å². The van der Waals surface area contributed by atoms with Crippen LogP contribution in [0.25, 0.3) is 17.2 Å². The number of ether oxygens (including phenoxy) is 2. The van der Waals surface area contributed by atoms with E-state index in [2.05, 4.69) is 11.2 Å². The second-order valence-electron chi connectivity index (χ2n) is 5.12. The Bertz CT molecular complexity index is 807. The van der Waals surface area contributed by atoms with E-state index in [4.69, 9.17) is 14.3 Å². The topological polar surface area (TPSA) is 40.0 Å². The summed E-state index contributed by atoms with van der Waals surface area (Å²) in [5.74, 6) is 1.41. The van der Waals surface area contributed by atoms with E-state index in [1.54, 1.807) is 21.3 Å². The molecule has 4 nitrogen and oxygen atoms in total. The molecule has 2 aromatic carbocycles. The highest BCUT2D eigenvalue weighted by molar-refractivity contribution is 6.27. The monoisotopic (exact) mass is 309 g/mol. The van der Waals surface area contributed by atoms with E-state index in [-0.39, 0.29) is 0 Å². The molecule has 0 saturated carbocycles. The minimum Gasteiger partial charge on any atom is -0.493 e. The maximum Gasteiger partial charge on any atom is 0.169 e. The summed E-state index contributed by atoms with van der Waals surface area (Å²) in [7, 11) is 4.86. The van der Waals surface area contributed by atoms with Crippen molar-refractivity contribution in [3.63, 3.8) is 0 Å². The van der Waals surface area contributed by atoms with Gasteiger partial charge in [0.1, 0.15) is 12.8 Å². The fourth-order valence-electron chi connectivity index (χ4n) is 3.07. The molecule has 0 amide bonds. The Morgan fingerprint density at radius 2 is 1.70 bits per heavy atom. The van der Waals surface area contributed by atoms with Gasteiger partial charge in [0.2, 0.25) is 0 Å². The van der Waals surface area contributed by atoms with Crippen LogP contribution in [-0.4, -0.2) is 27.0 Å². The van der Waals surface area contributed by atoms with Crippen molar-refractivity contribution in [3.8, 4) is 22.6 Å². The van der Waals surface area contributed by atoms with Crippen LogP contribution in [0.4, 0.5) is 0 Å². The summed E-state index contributed by atoms with van der Waals surface area (Å²) in [5.41, 5.74) is 5.93. The largest absolute Gasteiger partial charge is 0.493 e. The van der Waals surface area contributed by atoms with Gasteiger partial charge in [-0.15, -0.1) is 0 Å². The number of rotatable bonds is 4. The molecule has 0 atom stereocenters. The van der Waals surface area contributed by atoms with Crippen LogP contribution in [0.2, 0.25) is 0 Å². The van der Waals surface area contributed by atoms with Gasteiger partial charge in [0.05, 0.1) is 14.2 Å². The smallest absolute Gasteiger partial charge is 0.169 e. The first-order valence-corrected chi connectivity index (χ1v) is 7.39. The quantitative estimate of drug-likeness (QED) is 0.681. The van der Waals surface area contributed by atoms with Gasteiger partial charge in [-0.1, -0.05) is 41.6 Å². The Labute approximate surface area is 136 Å². The van der Waals surface area contributed by atoms with Gasteiger partial charge in [0.15, 0.2) is 11.5 Å². The van der Waals surface area contributed by atoms with E-state index in [1.165, 1.54) is 0 Å². The maximum atomic E-state index is 5.65. The summed E-state index contributed by atoms with van der Waals surface area (Å²) >= 11 is 0. The first kappa shape index (κ1) is 15.2. The number of nitrogens with zero attached hydrogens (tertiary/aromatic N) is 1. The molecule has 0 radical (unpaired) electrons.